The van der Waals surface area contributed by atoms with Crippen LogP contribution in [0.15, 0.2) is 35.4 Å². The van der Waals surface area contributed by atoms with Gasteiger partial charge in [0.1, 0.15) is 0 Å². The van der Waals surface area contributed by atoms with E-state index < -0.39 is 0 Å². The number of rotatable bonds is 6. The zero-order valence-electron chi connectivity index (χ0n) is 12.4. The molecule has 1 amide bonds. The van der Waals surface area contributed by atoms with Crippen molar-refractivity contribution in [3.8, 4) is 0 Å². The lowest BCUT2D eigenvalue weighted by atomic mass is 10.1. The average molecular weight is 273 g/mol. The zero-order valence-corrected chi connectivity index (χ0v) is 12.4. The standard InChI is InChI=1S/C16H23N3O/c1-3-4-11-18(2)13-16(20)19-12-10-15(17-19)14-8-6-5-7-9-14/h5-9H,3-4,10-13H2,1-2H3. The summed E-state index contributed by atoms with van der Waals surface area (Å²) in [6, 6.07) is 10.1. The van der Waals surface area contributed by atoms with Crippen LogP contribution >= 0.6 is 0 Å². The predicted molar refractivity (Wildman–Crippen MR) is 81.7 cm³/mol. The van der Waals surface area contributed by atoms with Crippen molar-refractivity contribution in [3.05, 3.63) is 35.9 Å². The molecule has 0 unspecified atom stereocenters. The van der Waals surface area contributed by atoms with Gasteiger partial charge in [0.05, 0.1) is 18.8 Å². The Bertz CT molecular complexity index is 470. The molecule has 0 aromatic heterocycles. The molecule has 108 valence electrons. The van der Waals surface area contributed by atoms with Gasteiger partial charge in [0, 0.05) is 6.42 Å². The molecule has 20 heavy (non-hydrogen) atoms. The number of nitrogens with zero attached hydrogens (tertiary/aromatic N) is 3. The molecule has 4 nitrogen and oxygen atoms in total. The Hall–Kier alpha value is -1.68. The summed E-state index contributed by atoms with van der Waals surface area (Å²) < 4.78 is 0. The number of carbonyl (C=O) groups excluding carboxylic acids is 1. The summed E-state index contributed by atoms with van der Waals surface area (Å²) in [6.07, 6.45) is 3.12. The third-order valence-corrected chi connectivity index (χ3v) is 3.50. The molecule has 1 heterocycles. The topological polar surface area (TPSA) is 35.9 Å². The maximum atomic E-state index is 12.2. The number of hydrogen-bond donors (Lipinski definition) is 0. The van der Waals surface area contributed by atoms with Crippen LogP contribution in [-0.2, 0) is 4.79 Å². The number of likely N-dealkylation sites (N-methyl/N-ethyl adjacent to an activating group) is 1. The molecule has 0 saturated heterocycles. The number of benzene rings is 1. The van der Waals surface area contributed by atoms with E-state index in [-0.39, 0.29) is 5.91 Å². The Morgan fingerprint density at radius 1 is 1.35 bits per heavy atom. The average Bonchev–Trinajstić information content (AvgIpc) is 2.96. The first-order valence-electron chi connectivity index (χ1n) is 7.32. The second kappa shape index (κ2) is 7.20. The lowest BCUT2D eigenvalue weighted by molar-refractivity contribution is -0.131. The van der Waals surface area contributed by atoms with E-state index >= 15 is 0 Å². The van der Waals surface area contributed by atoms with Crippen molar-refractivity contribution in [2.75, 3.05) is 26.7 Å². The van der Waals surface area contributed by atoms with E-state index in [0.29, 0.717) is 13.1 Å². The van der Waals surface area contributed by atoms with Gasteiger partial charge in [-0.3, -0.25) is 9.69 Å². The maximum absolute atomic E-state index is 12.2. The van der Waals surface area contributed by atoms with Crippen molar-refractivity contribution in [1.82, 2.24) is 9.91 Å². The third kappa shape index (κ3) is 3.90. The minimum absolute atomic E-state index is 0.0922. The third-order valence-electron chi connectivity index (χ3n) is 3.50. The molecule has 1 aromatic carbocycles. The van der Waals surface area contributed by atoms with Gasteiger partial charge in [-0.15, -0.1) is 0 Å². The van der Waals surface area contributed by atoms with Crippen molar-refractivity contribution in [2.24, 2.45) is 5.10 Å². The maximum Gasteiger partial charge on any atom is 0.256 e. The first-order chi connectivity index (χ1) is 9.70. The second-order valence-electron chi connectivity index (χ2n) is 5.27. The molecule has 0 saturated carbocycles. The zero-order chi connectivity index (χ0) is 14.4. The summed E-state index contributed by atoms with van der Waals surface area (Å²) in [5.74, 6) is 0.0922. The van der Waals surface area contributed by atoms with Gasteiger partial charge < -0.3 is 0 Å². The van der Waals surface area contributed by atoms with Crippen molar-refractivity contribution >= 4 is 11.6 Å². The quantitative estimate of drug-likeness (QED) is 0.797. The first-order valence-corrected chi connectivity index (χ1v) is 7.32. The summed E-state index contributed by atoms with van der Waals surface area (Å²) >= 11 is 0. The molecule has 0 spiro atoms. The molecule has 0 fully saturated rings. The Morgan fingerprint density at radius 3 is 2.80 bits per heavy atom. The fourth-order valence-electron chi connectivity index (χ4n) is 2.29. The Morgan fingerprint density at radius 2 is 2.10 bits per heavy atom. The summed E-state index contributed by atoms with van der Waals surface area (Å²) in [5, 5.41) is 6.08. The van der Waals surface area contributed by atoms with Crippen LogP contribution in [0.4, 0.5) is 0 Å². The van der Waals surface area contributed by atoms with Crippen molar-refractivity contribution in [1.29, 1.82) is 0 Å². The molecule has 1 aliphatic heterocycles. The monoisotopic (exact) mass is 273 g/mol. The molecule has 0 aliphatic carbocycles. The normalized spacial score (nSPS) is 14.8. The highest BCUT2D eigenvalue weighted by Gasteiger charge is 2.22. The minimum Gasteiger partial charge on any atom is -0.298 e. The fourth-order valence-corrected chi connectivity index (χ4v) is 2.29. The number of amides is 1. The molecular weight excluding hydrogens is 250 g/mol. The second-order valence-corrected chi connectivity index (χ2v) is 5.27. The lowest BCUT2D eigenvalue weighted by Gasteiger charge is -2.18. The van der Waals surface area contributed by atoms with E-state index in [9.17, 15) is 4.79 Å². The highest BCUT2D eigenvalue weighted by molar-refractivity contribution is 6.02. The van der Waals surface area contributed by atoms with Crippen LogP contribution in [0.3, 0.4) is 0 Å². The largest absolute Gasteiger partial charge is 0.298 e. The van der Waals surface area contributed by atoms with Gasteiger partial charge in [-0.2, -0.15) is 5.10 Å². The van der Waals surface area contributed by atoms with Crippen LogP contribution in [0, 0.1) is 0 Å². The minimum atomic E-state index is 0.0922. The van der Waals surface area contributed by atoms with Gasteiger partial charge in [0.25, 0.3) is 5.91 Å². The van der Waals surface area contributed by atoms with Crippen molar-refractivity contribution in [3.63, 3.8) is 0 Å². The van der Waals surface area contributed by atoms with E-state index in [4.69, 9.17) is 0 Å². The molecule has 0 radical (unpaired) electrons. The van der Waals surface area contributed by atoms with Crippen LogP contribution in [-0.4, -0.2) is 48.2 Å². The SMILES string of the molecule is CCCCN(C)CC(=O)N1CCC(c2ccccc2)=N1. The Kier molecular flexibility index (Phi) is 5.30. The Labute approximate surface area is 121 Å². The summed E-state index contributed by atoms with van der Waals surface area (Å²) in [5.41, 5.74) is 2.12. The van der Waals surface area contributed by atoms with Gasteiger partial charge in [0.15, 0.2) is 0 Å². The van der Waals surface area contributed by atoms with Gasteiger partial charge >= 0.3 is 0 Å². The van der Waals surface area contributed by atoms with E-state index in [1.54, 1.807) is 5.01 Å². The smallest absolute Gasteiger partial charge is 0.256 e. The van der Waals surface area contributed by atoms with Gasteiger partial charge in [-0.25, -0.2) is 5.01 Å². The summed E-state index contributed by atoms with van der Waals surface area (Å²) in [6.45, 7) is 4.27. The summed E-state index contributed by atoms with van der Waals surface area (Å²) in [4.78, 5) is 14.2. The number of hydrazone groups is 1. The molecule has 1 aliphatic rings. The predicted octanol–water partition coefficient (Wildman–Crippen LogP) is 2.35. The highest BCUT2D eigenvalue weighted by atomic mass is 16.2. The van der Waals surface area contributed by atoms with Crippen LogP contribution in [0.1, 0.15) is 31.7 Å². The van der Waals surface area contributed by atoms with Crippen molar-refractivity contribution < 1.29 is 4.79 Å². The summed E-state index contributed by atoms with van der Waals surface area (Å²) in [7, 11) is 1.99. The molecule has 1 aromatic rings. The van der Waals surface area contributed by atoms with Crippen molar-refractivity contribution in [2.45, 2.75) is 26.2 Å². The molecule has 2 rings (SSSR count). The molecule has 0 bridgehead atoms. The number of hydrogen-bond acceptors (Lipinski definition) is 3. The first kappa shape index (κ1) is 14.7. The molecular formula is C16H23N3O. The van der Waals surface area contributed by atoms with E-state index in [1.807, 2.05) is 37.4 Å². The van der Waals surface area contributed by atoms with Crippen LogP contribution in [0.5, 0.6) is 0 Å². The van der Waals surface area contributed by atoms with E-state index in [2.05, 4.69) is 16.9 Å². The van der Waals surface area contributed by atoms with E-state index in [1.165, 1.54) is 0 Å². The highest BCUT2D eigenvalue weighted by Crippen LogP contribution is 2.13. The number of unbranched alkanes of at least 4 members (excludes halogenated alkanes) is 1. The lowest BCUT2D eigenvalue weighted by Crippen LogP contribution is -2.35. The molecule has 4 heteroatoms. The van der Waals surface area contributed by atoms with Gasteiger partial charge in [-0.05, 0) is 25.6 Å². The number of carbonyl (C=O) groups is 1. The van der Waals surface area contributed by atoms with E-state index in [0.717, 1.165) is 37.1 Å². The van der Waals surface area contributed by atoms with Gasteiger partial charge in [0.2, 0.25) is 0 Å². The van der Waals surface area contributed by atoms with Gasteiger partial charge in [-0.1, -0.05) is 43.7 Å². The Balaban J connectivity index is 1.91. The van der Waals surface area contributed by atoms with Crippen LogP contribution < -0.4 is 0 Å². The van der Waals surface area contributed by atoms with Crippen LogP contribution in [0.2, 0.25) is 0 Å². The fraction of sp³-hybridized carbons (Fsp3) is 0.500. The van der Waals surface area contributed by atoms with Crippen LogP contribution in [0.25, 0.3) is 0 Å². The molecule has 0 N–H and O–H groups in total. The molecule has 0 atom stereocenters.